The summed E-state index contributed by atoms with van der Waals surface area (Å²) in [5, 5.41) is 3.64. The van der Waals surface area contributed by atoms with Crippen molar-refractivity contribution in [2.24, 2.45) is 0 Å². The molecule has 166 valence electrons. The number of amides is 2. The number of carbonyl (C=O) groups is 2. The highest BCUT2D eigenvalue weighted by molar-refractivity contribution is 7.88. The Bertz CT molecular complexity index is 882. The van der Waals surface area contributed by atoms with Crippen molar-refractivity contribution in [3.8, 4) is 0 Å². The largest absolute Gasteiger partial charge is 0.351 e. The molecule has 3 rings (SSSR count). The summed E-state index contributed by atoms with van der Waals surface area (Å²) in [5.74, 6) is -0.769. The monoisotopic (exact) mass is 455 g/mol. The molecule has 1 aromatic rings. The summed E-state index contributed by atoms with van der Waals surface area (Å²) in [6.07, 6.45) is 8.49. The normalized spacial score (nSPS) is 24.9. The SMILES string of the molecule is CC1(C(=O)NC2CCCCCCC2)CN(S(C)(=O)=O)CC(=O)N1c1ccc(Cl)cc1. The van der Waals surface area contributed by atoms with Crippen LogP contribution in [0.5, 0.6) is 0 Å². The van der Waals surface area contributed by atoms with Gasteiger partial charge in [0.2, 0.25) is 21.8 Å². The second-order valence-corrected chi connectivity index (χ2v) is 10.9. The van der Waals surface area contributed by atoms with Gasteiger partial charge in [0.25, 0.3) is 0 Å². The van der Waals surface area contributed by atoms with Gasteiger partial charge < -0.3 is 5.32 Å². The molecular formula is C21H30ClN3O4S. The van der Waals surface area contributed by atoms with Crippen LogP contribution in [0.1, 0.15) is 51.9 Å². The highest BCUT2D eigenvalue weighted by atomic mass is 35.5. The molecule has 1 saturated carbocycles. The van der Waals surface area contributed by atoms with E-state index >= 15 is 0 Å². The van der Waals surface area contributed by atoms with E-state index in [0.717, 1.165) is 49.1 Å². The van der Waals surface area contributed by atoms with Gasteiger partial charge in [-0.3, -0.25) is 14.5 Å². The number of nitrogens with zero attached hydrogens (tertiary/aromatic N) is 2. The Morgan fingerprint density at radius 3 is 2.23 bits per heavy atom. The van der Waals surface area contributed by atoms with Crippen molar-refractivity contribution in [2.45, 2.75) is 63.5 Å². The molecule has 7 nitrogen and oxygen atoms in total. The van der Waals surface area contributed by atoms with Gasteiger partial charge in [0, 0.05) is 23.3 Å². The number of sulfonamides is 1. The fourth-order valence-electron chi connectivity index (χ4n) is 4.34. The zero-order valence-electron chi connectivity index (χ0n) is 17.6. The van der Waals surface area contributed by atoms with Crippen molar-refractivity contribution in [1.29, 1.82) is 0 Å². The molecule has 1 N–H and O–H groups in total. The highest BCUT2D eigenvalue weighted by Gasteiger charge is 2.50. The predicted octanol–water partition coefficient (Wildman–Crippen LogP) is 2.94. The topological polar surface area (TPSA) is 86.8 Å². The average molecular weight is 456 g/mol. The number of hydrogen-bond acceptors (Lipinski definition) is 4. The Labute approximate surface area is 183 Å². The zero-order chi connectivity index (χ0) is 21.9. The van der Waals surface area contributed by atoms with Crippen LogP contribution in [-0.2, 0) is 19.6 Å². The lowest BCUT2D eigenvalue weighted by molar-refractivity contribution is -0.133. The van der Waals surface area contributed by atoms with Crippen LogP contribution in [0.2, 0.25) is 5.02 Å². The Morgan fingerprint density at radius 1 is 1.10 bits per heavy atom. The van der Waals surface area contributed by atoms with Crippen LogP contribution in [0.3, 0.4) is 0 Å². The molecule has 1 aromatic carbocycles. The lowest BCUT2D eigenvalue weighted by Gasteiger charge is -2.47. The third-order valence-corrected chi connectivity index (χ3v) is 7.47. The van der Waals surface area contributed by atoms with Crippen molar-refractivity contribution in [1.82, 2.24) is 9.62 Å². The molecular weight excluding hydrogens is 426 g/mol. The van der Waals surface area contributed by atoms with E-state index in [0.29, 0.717) is 10.7 Å². The molecule has 1 heterocycles. The van der Waals surface area contributed by atoms with Gasteiger partial charge in [-0.05, 0) is 44.0 Å². The standard InChI is InChI=1S/C21H30ClN3O4S/c1-21(20(27)23-17-8-6-4-3-5-7-9-17)15-24(30(2,28)29)14-19(26)25(21)18-12-10-16(22)11-13-18/h10-13,17H,3-9,14-15H2,1-2H3,(H,23,27). The number of nitrogens with one attached hydrogen (secondary N) is 1. The number of hydrogen-bond donors (Lipinski definition) is 1. The molecule has 9 heteroatoms. The fraction of sp³-hybridized carbons (Fsp3) is 0.619. The van der Waals surface area contributed by atoms with Crippen LogP contribution in [0, 0.1) is 0 Å². The summed E-state index contributed by atoms with van der Waals surface area (Å²) in [5.41, 5.74) is -0.845. The van der Waals surface area contributed by atoms with E-state index < -0.39 is 21.5 Å². The van der Waals surface area contributed by atoms with E-state index in [1.54, 1.807) is 31.2 Å². The fourth-order valence-corrected chi connectivity index (χ4v) is 5.29. The van der Waals surface area contributed by atoms with Crippen LogP contribution >= 0.6 is 11.6 Å². The molecule has 1 unspecified atom stereocenters. The van der Waals surface area contributed by atoms with E-state index in [9.17, 15) is 18.0 Å². The summed E-state index contributed by atoms with van der Waals surface area (Å²) in [4.78, 5) is 28.0. The molecule has 0 radical (unpaired) electrons. The molecule has 2 aliphatic rings. The Kier molecular flexibility index (Phi) is 7.09. The quantitative estimate of drug-likeness (QED) is 0.756. The van der Waals surface area contributed by atoms with Gasteiger partial charge in [-0.2, -0.15) is 4.31 Å². The summed E-state index contributed by atoms with van der Waals surface area (Å²) < 4.78 is 25.5. The lowest BCUT2D eigenvalue weighted by atomic mass is 9.92. The van der Waals surface area contributed by atoms with Crippen molar-refractivity contribution in [3.63, 3.8) is 0 Å². The second kappa shape index (κ2) is 9.24. The number of benzene rings is 1. The van der Waals surface area contributed by atoms with Gasteiger partial charge in [-0.15, -0.1) is 0 Å². The highest BCUT2D eigenvalue weighted by Crippen LogP contribution is 2.32. The first-order valence-electron chi connectivity index (χ1n) is 10.5. The number of rotatable bonds is 4. The molecule has 2 amide bonds. The van der Waals surface area contributed by atoms with Crippen molar-refractivity contribution in [3.05, 3.63) is 29.3 Å². The number of piperazine rings is 1. The Hall–Kier alpha value is -1.64. The lowest BCUT2D eigenvalue weighted by Crippen LogP contribution is -2.70. The van der Waals surface area contributed by atoms with Crippen molar-refractivity contribution in [2.75, 3.05) is 24.2 Å². The molecule has 0 aromatic heterocycles. The summed E-state index contributed by atoms with van der Waals surface area (Å²) in [6, 6.07) is 6.70. The van der Waals surface area contributed by atoms with E-state index in [-0.39, 0.29) is 25.0 Å². The van der Waals surface area contributed by atoms with Crippen LogP contribution in [0.25, 0.3) is 0 Å². The molecule has 0 bridgehead atoms. The van der Waals surface area contributed by atoms with Crippen LogP contribution in [0.4, 0.5) is 5.69 Å². The molecule has 1 aliphatic carbocycles. The first kappa shape index (κ1) is 23.0. The van der Waals surface area contributed by atoms with Crippen molar-refractivity contribution >= 4 is 39.1 Å². The Balaban J connectivity index is 1.92. The van der Waals surface area contributed by atoms with Crippen LogP contribution in [-0.4, -0.2) is 55.5 Å². The van der Waals surface area contributed by atoms with Gasteiger partial charge in [-0.1, -0.05) is 43.7 Å². The minimum atomic E-state index is -3.63. The maximum atomic E-state index is 13.5. The van der Waals surface area contributed by atoms with E-state index in [2.05, 4.69) is 5.32 Å². The van der Waals surface area contributed by atoms with E-state index in [1.807, 2.05) is 0 Å². The van der Waals surface area contributed by atoms with Gasteiger partial charge in [0.15, 0.2) is 0 Å². The zero-order valence-corrected chi connectivity index (χ0v) is 19.1. The third kappa shape index (κ3) is 5.15. The minimum absolute atomic E-state index is 0.0328. The molecule has 0 spiro atoms. The average Bonchev–Trinajstić information content (AvgIpc) is 2.64. The second-order valence-electron chi connectivity index (χ2n) is 8.53. The van der Waals surface area contributed by atoms with Gasteiger partial charge in [0.05, 0.1) is 12.8 Å². The smallest absolute Gasteiger partial charge is 0.247 e. The number of anilines is 1. The molecule has 1 atom stereocenters. The minimum Gasteiger partial charge on any atom is -0.351 e. The van der Waals surface area contributed by atoms with E-state index in [4.69, 9.17) is 11.6 Å². The summed E-state index contributed by atoms with van der Waals surface area (Å²) in [6.45, 7) is 1.24. The molecule has 1 aliphatic heterocycles. The first-order chi connectivity index (χ1) is 14.1. The maximum Gasteiger partial charge on any atom is 0.247 e. The number of halogens is 1. The summed E-state index contributed by atoms with van der Waals surface area (Å²) >= 11 is 5.99. The maximum absolute atomic E-state index is 13.5. The predicted molar refractivity (Wildman–Crippen MR) is 118 cm³/mol. The summed E-state index contributed by atoms with van der Waals surface area (Å²) in [7, 11) is -3.63. The first-order valence-corrected chi connectivity index (χ1v) is 12.7. The van der Waals surface area contributed by atoms with Crippen LogP contribution in [0.15, 0.2) is 24.3 Å². The van der Waals surface area contributed by atoms with E-state index in [1.165, 1.54) is 11.3 Å². The van der Waals surface area contributed by atoms with Gasteiger partial charge >= 0.3 is 0 Å². The van der Waals surface area contributed by atoms with Gasteiger partial charge in [0.1, 0.15) is 5.54 Å². The third-order valence-electron chi connectivity index (χ3n) is 6.02. The number of carbonyl (C=O) groups excluding carboxylic acids is 2. The molecule has 2 fully saturated rings. The van der Waals surface area contributed by atoms with Crippen molar-refractivity contribution < 1.29 is 18.0 Å². The molecule has 1 saturated heterocycles. The Morgan fingerprint density at radius 2 is 1.67 bits per heavy atom. The molecule has 30 heavy (non-hydrogen) atoms. The van der Waals surface area contributed by atoms with Crippen LogP contribution < -0.4 is 10.2 Å². The van der Waals surface area contributed by atoms with Gasteiger partial charge in [-0.25, -0.2) is 8.42 Å².